The highest BCUT2D eigenvalue weighted by atomic mass is 19.4. The van der Waals surface area contributed by atoms with Gasteiger partial charge < -0.3 is 4.52 Å². The van der Waals surface area contributed by atoms with Crippen LogP contribution in [0.4, 0.5) is 13.2 Å². The molecule has 0 fully saturated rings. The Kier molecular flexibility index (Phi) is 2.93. The molecule has 0 unspecified atom stereocenters. The summed E-state index contributed by atoms with van der Waals surface area (Å²) in [5, 5.41) is 3.23. The van der Waals surface area contributed by atoms with Gasteiger partial charge in [-0.15, -0.1) is 0 Å². The number of hydrogen-bond acceptors (Lipinski definition) is 3. The molecule has 0 saturated heterocycles. The number of rotatable bonds is 2. The normalized spacial score (nSPS) is 13.4. The van der Waals surface area contributed by atoms with Crippen LogP contribution < -0.4 is 0 Å². The van der Waals surface area contributed by atoms with Gasteiger partial charge in [0.2, 0.25) is 0 Å². The first-order valence-electron chi connectivity index (χ1n) is 4.03. The highest BCUT2D eigenvalue weighted by molar-refractivity contribution is 5.56. The van der Waals surface area contributed by atoms with Crippen molar-refractivity contribution in [3.63, 3.8) is 0 Å². The maximum absolute atomic E-state index is 12.0. The zero-order chi connectivity index (χ0) is 10.8. The van der Waals surface area contributed by atoms with Crippen molar-refractivity contribution >= 4 is 5.57 Å². The van der Waals surface area contributed by atoms with Gasteiger partial charge in [0, 0.05) is 0 Å². The first-order valence-corrected chi connectivity index (χ1v) is 4.03. The van der Waals surface area contributed by atoms with Crippen molar-refractivity contribution in [2.45, 2.75) is 26.4 Å². The number of allylic oxidation sites excluding steroid dienone is 2. The van der Waals surface area contributed by atoms with Gasteiger partial charge in [-0.3, -0.25) is 0 Å². The van der Waals surface area contributed by atoms with Gasteiger partial charge >= 0.3 is 12.1 Å². The minimum Gasteiger partial charge on any atom is -0.329 e. The van der Waals surface area contributed by atoms with E-state index >= 15 is 0 Å². The molecule has 0 amide bonds. The number of aromatic nitrogens is 2. The molecule has 1 aromatic rings. The monoisotopic (exact) mass is 206 g/mol. The van der Waals surface area contributed by atoms with E-state index in [2.05, 4.69) is 14.7 Å². The average Bonchev–Trinajstić information content (AvgIpc) is 2.51. The third-order valence-corrected chi connectivity index (χ3v) is 1.53. The van der Waals surface area contributed by atoms with Gasteiger partial charge in [-0.1, -0.05) is 18.2 Å². The lowest BCUT2D eigenvalue weighted by Crippen LogP contribution is -2.05. The van der Waals surface area contributed by atoms with Crippen LogP contribution in [0.15, 0.2) is 10.6 Å². The fourth-order valence-electron chi connectivity index (χ4n) is 0.896. The fraction of sp³-hybridized carbons (Fsp3) is 0.500. The number of halogens is 3. The predicted molar refractivity (Wildman–Crippen MR) is 43.2 cm³/mol. The summed E-state index contributed by atoms with van der Waals surface area (Å²) in [5.74, 6) is -1.32. The van der Waals surface area contributed by atoms with Crippen LogP contribution in [0, 0.1) is 0 Å². The highest BCUT2D eigenvalue weighted by Crippen LogP contribution is 2.28. The van der Waals surface area contributed by atoms with Crippen molar-refractivity contribution in [3.05, 3.63) is 17.8 Å². The van der Waals surface area contributed by atoms with Gasteiger partial charge in [0.1, 0.15) is 0 Å². The molecule has 1 rings (SSSR count). The lowest BCUT2D eigenvalue weighted by molar-refractivity contribution is -0.159. The summed E-state index contributed by atoms with van der Waals surface area (Å²) in [6.45, 7) is 3.50. The second kappa shape index (κ2) is 3.81. The van der Waals surface area contributed by atoms with Crippen molar-refractivity contribution in [1.82, 2.24) is 10.1 Å². The summed E-state index contributed by atoms with van der Waals surface area (Å²) in [6, 6.07) is 0. The van der Waals surface area contributed by atoms with E-state index in [0.717, 1.165) is 0 Å². The van der Waals surface area contributed by atoms with Crippen LogP contribution in [0.5, 0.6) is 0 Å². The van der Waals surface area contributed by atoms with Crippen LogP contribution >= 0.6 is 0 Å². The minimum atomic E-state index is -4.57. The Bertz CT molecular complexity index is 341. The van der Waals surface area contributed by atoms with Crippen LogP contribution in [-0.4, -0.2) is 10.1 Å². The van der Waals surface area contributed by atoms with Crippen molar-refractivity contribution in [3.8, 4) is 0 Å². The molecule has 0 aliphatic carbocycles. The molecular formula is C8H9F3N2O. The van der Waals surface area contributed by atoms with Crippen molar-refractivity contribution < 1.29 is 17.7 Å². The van der Waals surface area contributed by atoms with E-state index in [0.29, 0.717) is 12.0 Å². The SMILES string of the molecule is CCC=C(C)c1noc(C(F)(F)F)n1. The Hall–Kier alpha value is -1.33. The Labute approximate surface area is 78.6 Å². The molecule has 1 heterocycles. The summed E-state index contributed by atoms with van der Waals surface area (Å²) in [7, 11) is 0. The third kappa shape index (κ3) is 2.34. The van der Waals surface area contributed by atoms with Crippen molar-refractivity contribution in [1.29, 1.82) is 0 Å². The molecule has 0 aliphatic heterocycles. The molecule has 6 heteroatoms. The van der Waals surface area contributed by atoms with E-state index < -0.39 is 12.1 Å². The molecule has 0 atom stereocenters. The molecule has 0 N–H and O–H groups in total. The van der Waals surface area contributed by atoms with Gasteiger partial charge in [0.05, 0.1) is 0 Å². The highest BCUT2D eigenvalue weighted by Gasteiger charge is 2.38. The third-order valence-electron chi connectivity index (χ3n) is 1.53. The molecule has 3 nitrogen and oxygen atoms in total. The van der Waals surface area contributed by atoms with Gasteiger partial charge in [0.25, 0.3) is 0 Å². The molecule has 0 aliphatic rings. The molecular weight excluding hydrogens is 197 g/mol. The lowest BCUT2D eigenvalue weighted by Gasteiger charge is -1.96. The molecule has 1 aromatic heterocycles. The zero-order valence-electron chi connectivity index (χ0n) is 7.72. The average molecular weight is 206 g/mol. The van der Waals surface area contributed by atoms with E-state index in [1.54, 1.807) is 13.0 Å². The number of hydrogen-bond donors (Lipinski definition) is 0. The summed E-state index contributed by atoms with van der Waals surface area (Å²) < 4.78 is 40.2. The first kappa shape index (κ1) is 10.7. The van der Waals surface area contributed by atoms with E-state index in [1.807, 2.05) is 6.92 Å². The smallest absolute Gasteiger partial charge is 0.329 e. The van der Waals surface area contributed by atoms with E-state index in [1.165, 1.54) is 0 Å². The van der Waals surface area contributed by atoms with Gasteiger partial charge in [-0.2, -0.15) is 18.2 Å². The predicted octanol–water partition coefficient (Wildman–Crippen LogP) is 2.90. The number of nitrogens with zero attached hydrogens (tertiary/aromatic N) is 2. The van der Waals surface area contributed by atoms with E-state index in [4.69, 9.17) is 0 Å². The molecule has 0 saturated carbocycles. The van der Waals surface area contributed by atoms with Crippen LogP contribution in [0.2, 0.25) is 0 Å². The van der Waals surface area contributed by atoms with Crippen LogP contribution in [-0.2, 0) is 6.18 Å². The second-order valence-corrected chi connectivity index (χ2v) is 2.72. The summed E-state index contributed by atoms with van der Waals surface area (Å²) in [6.07, 6.45) is -2.13. The van der Waals surface area contributed by atoms with Gasteiger partial charge in [-0.05, 0) is 18.9 Å². The van der Waals surface area contributed by atoms with Crippen LogP contribution in [0.3, 0.4) is 0 Å². The Balaban J connectivity index is 2.94. The van der Waals surface area contributed by atoms with Crippen molar-refractivity contribution in [2.75, 3.05) is 0 Å². The Morgan fingerprint density at radius 2 is 2.14 bits per heavy atom. The molecule has 0 bridgehead atoms. The quantitative estimate of drug-likeness (QED) is 0.746. The van der Waals surface area contributed by atoms with Gasteiger partial charge in [0.15, 0.2) is 5.82 Å². The van der Waals surface area contributed by atoms with Gasteiger partial charge in [-0.25, -0.2) is 0 Å². The second-order valence-electron chi connectivity index (χ2n) is 2.72. The molecule has 14 heavy (non-hydrogen) atoms. The summed E-state index contributed by atoms with van der Waals surface area (Å²) in [4.78, 5) is 3.23. The van der Waals surface area contributed by atoms with E-state index in [-0.39, 0.29) is 5.82 Å². The first-order chi connectivity index (χ1) is 6.45. The fourth-order valence-corrected chi connectivity index (χ4v) is 0.896. The van der Waals surface area contributed by atoms with Crippen LogP contribution in [0.1, 0.15) is 32.0 Å². The zero-order valence-corrected chi connectivity index (χ0v) is 7.72. The topological polar surface area (TPSA) is 38.9 Å². The van der Waals surface area contributed by atoms with Crippen LogP contribution in [0.25, 0.3) is 5.57 Å². The summed E-state index contributed by atoms with van der Waals surface area (Å²) >= 11 is 0. The molecule has 78 valence electrons. The Morgan fingerprint density at radius 3 is 2.57 bits per heavy atom. The molecule has 0 radical (unpaired) electrons. The van der Waals surface area contributed by atoms with Crippen molar-refractivity contribution in [2.24, 2.45) is 0 Å². The number of alkyl halides is 3. The molecule has 0 aromatic carbocycles. The standard InChI is InChI=1S/C8H9F3N2O/c1-3-4-5(2)6-12-7(14-13-6)8(9,10)11/h4H,3H2,1-2H3. The largest absolute Gasteiger partial charge is 0.471 e. The summed E-state index contributed by atoms with van der Waals surface area (Å²) in [5.41, 5.74) is 0.576. The lowest BCUT2D eigenvalue weighted by atomic mass is 10.2. The molecule has 0 spiro atoms. The maximum Gasteiger partial charge on any atom is 0.471 e. The van der Waals surface area contributed by atoms with E-state index in [9.17, 15) is 13.2 Å². The minimum absolute atomic E-state index is 0.0147. The Morgan fingerprint density at radius 1 is 1.50 bits per heavy atom. The maximum atomic E-state index is 12.0.